The topological polar surface area (TPSA) is 23.8 Å². The van der Waals surface area contributed by atoms with Crippen molar-refractivity contribution in [2.75, 3.05) is 0 Å². The van der Waals surface area contributed by atoms with Gasteiger partial charge in [-0.25, -0.2) is 0 Å². The first-order chi connectivity index (χ1) is 13.2. The van der Waals surface area contributed by atoms with Gasteiger partial charge in [0.05, 0.1) is 12.0 Å². The van der Waals surface area contributed by atoms with E-state index in [2.05, 4.69) is 44.2 Å². The van der Waals surface area contributed by atoms with Crippen molar-refractivity contribution < 1.29 is 0 Å². The molecule has 1 aliphatic rings. The average molecular weight is 368 g/mol. The van der Waals surface area contributed by atoms with Gasteiger partial charge in [-0.2, -0.15) is 5.26 Å². The fourth-order valence-corrected chi connectivity index (χ4v) is 4.93. The van der Waals surface area contributed by atoms with Crippen molar-refractivity contribution in [3.8, 4) is 6.07 Å². The first-order valence-electron chi connectivity index (χ1n) is 11.7. The maximum atomic E-state index is 9.89. The number of hydrogen-bond donors (Lipinski definition) is 0. The summed E-state index contributed by atoms with van der Waals surface area (Å²) in [6, 6.07) is 11.7. The molecule has 1 aromatic rings. The molecule has 1 aromatic carbocycles. The van der Waals surface area contributed by atoms with Crippen LogP contribution < -0.4 is 0 Å². The van der Waals surface area contributed by atoms with Crippen LogP contribution in [0.25, 0.3) is 0 Å². The molecule has 0 aliphatic heterocycles. The monoisotopic (exact) mass is 367 g/mol. The van der Waals surface area contributed by atoms with Gasteiger partial charge in [0.15, 0.2) is 0 Å². The maximum Gasteiger partial charge on any atom is 0.0718 e. The number of aryl methyl sites for hydroxylation is 1. The number of nitriles is 1. The lowest BCUT2D eigenvalue weighted by molar-refractivity contribution is 0.148. The summed E-state index contributed by atoms with van der Waals surface area (Å²) in [7, 11) is 0. The summed E-state index contributed by atoms with van der Waals surface area (Å²) in [6.07, 6.45) is 19.6. The lowest BCUT2D eigenvalue weighted by Gasteiger charge is -2.39. The molecule has 0 N–H and O–H groups in total. The molecule has 1 atom stereocenters. The van der Waals surface area contributed by atoms with Gasteiger partial charge in [-0.1, -0.05) is 95.9 Å². The Kier molecular flexibility index (Phi) is 9.96. The van der Waals surface area contributed by atoms with Crippen molar-refractivity contribution in [3.05, 3.63) is 35.4 Å². The van der Waals surface area contributed by atoms with Gasteiger partial charge in [-0.15, -0.1) is 0 Å². The Morgan fingerprint density at radius 1 is 0.889 bits per heavy atom. The summed E-state index contributed by atoms with van der Waals surface area (Å²) in [5, 5.41) is 9.89. The zero-order chi connectivity index (χ0) is 19.4. The third-order valence-electron chi connectivity index (χ3n) is 6.72. The molecular weight excluding hydrogens is 326 g/mol. The van der Waals surface area contributed by atoms with E-state index in [0.29, 0.717) is 5.41 Å². The number of nitrogens with zero attached hydrogens (tertiary/aromatic N) is 1. The minimum Gasteiger partial charge on any atom is -0.198 e. The maximum absolute atomic E-state index is 9.89. The van der Waals surface area contributed by atoms with E-state index in [0.717, 1.165) is 6.42 Å². The van der Waals surface area contributed by atoms with Crippen molar-refractivity contribution in [2.45, 2.75) is 116 Å². The molecule has 0 spiro atoms. The Labute approximate surface area is 168 Å². The van der Waals surface area contributed by atoms with Gasteiger partial charge in [-0.05, 0) is 55.1 Å². The average Bonchev–Trinajstić information content (AvgIpc) is 2.72. The second-order valence-electron chi connectivity index (χ2n) is 8.96. The molecule has 2 rings (SSSR count). The first-order valence-corrected chi connectivity index (χ1v) is 11.7. The highest BCUT2D eigenvalue weighted by molar-refractivity contribution is 5.29. The molecule has 27 heavy (non-hydrogen) atoms. The molecule has 0 radical (unpaired) electrons. The van der Waals surface area contributed by atoms with Crippen LogP contribution in [0.15, 0.2) is 24.3 Å². The Morgan fingerprint density at radius 2 is 1.56 bits per heavy atom. The molecule has 1 heteroatoms. The van der Waals surface area contributed by atoms with Crippen LogP contribution in [0.3, 0.4) is 0 Å². The SMILES string of the molecule is CCCCCCCc1ccc(C(C#N)CC2(CCCC)CCCCC2)cc1. The van der Waals surface area contributed by atoms with Crippen molar-refractivity contribution in [2.24, 2.45) is 5.41 Å². The fraction of sp³-hybridized carbons (Fsp3) is 0.731. The van der Waals surface area contributed by atoms with E-state index in [-0.39, 0.29) is 5.92 Å². The molecule has 0 bridgehead atoms. The Morgan fingerprint density at radius 3 is 2.19 bits per heavy atom. The number of rotatable bonds is 12. The summed E-state index contributed by atoms with van der Waals surface area (Å²) in [5.74, 6) is 0.0681. The van der Waals surface area contributed by atoms with Crippen LogP contribution in [0.4, 0.5) is 0 Å². The summed E-state index contributed by atoms with van der Waals surface area (Å²) in [5.41, 5.74) is 3.10. The molecule has 1 nitrogen and oxygen atoms in total. The van der Waals surface area contributed by atoms with Crippen molar-refractivity contribution in [1.82, 2.24) is 0 Å². The number of benzene rings is 1. The second-order valence-corrected chi connectivity index (χ2v) is 8.96. The molecule has 0 heterocycles. The molecule has 150 valence electrons. The predicted molar refractivity (Wildman–Crippen MR) is 117 cm³/mol. The van der Waals surface area contributed by atoms with Gasteiger partial charge >= 0.3 is 0 Å². The Balaban J connectivity index is 1.94. The highest BCUT2D eigenvalue weighted by atomic mass is 14.4. The summed E-state index contributed by atoms with van der Waals surface area (Å²) in [6.45, 7) is 4.56. The molecular formula is C26H41N. The van der Waals surface area contributed by atoms with E-state index >= 15 is 0 Å². The zero-order valence-corrected chi connectivity index (χ0v) is 17.9. The number of hydrogen-bond acceptors (Lipinski definition) is 1. The van der Waals surface area contributed by atoms with Crippen LogP contribution >= 0.6 is 0 Å². The lowest BCUT2D eigenvalue weighted by Crippen LogP contribution is -2.26. The van der Waals surface area contributed by atoms with Crippen LogP contribution in [0.5, 0.6) is 0 Å². The Hall–Kier alpha value is -1.29. The van der Waals surface area contributed by atoms with Gasteiger partial charge in [-0.3, -0.25) is 0 Å². The highest BCUT2D eigenvalue weighted by Gasteiger charge is 2.34. The molecule has 0 saturated heterocycles. The van der Waals surface area contributed by atoms with Gasteiger partial charge in [0.1, 0.15) is 0 Å². The summed E-state index contributed by atoms with van der Waals surface area (Å²) in [4.78, 5) is 0. The Bertz CT molecular complexity index is 545. The van der Waals surface area contributed by atoms with Crippen molar-refractivity contribution in [1.29, 1.82) is 5.26 Å². The molecule has 0 aromatic heterocycles. The third kappa shape index (κ3) is 7.33. The molecule has 1 unspecified atom stereocenters. The summed E-state index contributed by atoms with van der Waals surface area (Å²) < 4.78 is 0. The van der Waals surface area contributed by atoms with Crippen LogP contribution in [0.1, 0.15) is 121 Å². The smallest absolute Gasteiger partial charge is 0.0718 e. The van der Waals surface area contributed by atoms with Crippen LogP contribution in [-0.2, 0) is 6.42 Å². The minimum atomic E-state index is 0.0681. The lowest BCUT2D eigenvalue weighted by atomic mass is 9.66. The van der Waals surface area contributed by atoms with E-state index in [1.807, 2.05) is 0 Å². The van der Waals surface area contributed by atoms with Crippen LogP contribution in [-0.4, -0.2) is 0 Å². The van der Waals surface area contributed by atoms with Crippen molar-refractivity contribution in [3.63, 3.8) is 0 Å². The quantitative estimate of drug-likeness (QED) is 0.340. The molecule has 1 aliphatic carbocycles. The van der Waals surface area contributed by atoms with E-state index in [4.69, 9.17) is 0 Å². The van der Waals surface area contributed by atoms with Crippen molar-refractivity contribution >= 4 is 0 Å². The largest absolute Gasteiger partial charge is 0.198 e. The minimum absolute atomic E-state index is 0.0681. The first kappa shape index (κ1) is 22.0. The van der Waals surface area contributed by atoms with Gasteiger partial charge in [0.2, 0.25) is 0 Å². The van der Waals surface area contributed by atoms with E-state index in [1.54, 1.807) is 0 Å². The van der Waals surface area contributed by atoms with E-state index in [9.17, 15) is 5.26 Å². The highest BCUT2D eigenvalue weighted by Crippen LogP contribution is 2.47. The second kappa shape index (κ2) is 12.2. The third-order valence-corrected chi connectivity index (χ3v) is 6.72. The van der Waals surface area contributed by atoms with Gasteiger partial charge < -0.3 is 0 Å². The van der Waals surface area contributed by atoms with E-state index < -0.39 is 0 Å². The van der Waals surface area contributed by atoms with Crippen LogP contribution in [0.2, 0.25) is 0 Å². The normalized spacial score (nSPS) is 17.4. The van der Waals surface area contributed by atoms with Gasteiger partial charge in [0.25, 0.3) is 0 Å². The standard InChI is InChI=1S/C26H41N/c1-3-5-7-8-10-13-23-14-16-24(17-15-23)25(22-27)21-26(18-6-4-2)19-11-9-12-20-26/h14-17,25H,3-13,18-21H2,1-2H3. The molecule has 1 saturated carbocycles. The van der Waals surface area contributed by atoms with Gasteiger partial charge in [0, 0.05) is 0 Å². The predicted octanol–water partition coefficient (Wildman–Crippen LogP) is 8.34. The summed E-state index contributed by atoms with van der Waals surface area (Å²) >= 11 is 0. The van der Waals surface area contributed by atoms with E-state index in [1.165, 1.54) is 101 Å². The zero-order valence-electron chi connectivity index (χ0n) is 17.9. The number of unbranched alkanes of at least 4 members (excludes halogenated alkanes) is 5. The fourth-order valence-electron chi connectivity index (χ4n) is 4.93. The molecule has 0 amide bonds. The molecule has 1 fully saturated rings. The van der Waals surface area contributed by atoms with Crippen LogP contribution in [0, 0.1) is 16.7 Å².